The number of rotatable bonds is 4. The Morgan fingerprint density at radius 1 is 1.38 bits per heavy atom. The molecule has 2 rings (SSSR count). The van der Waals surface area contributed by atoms with Crippen LogP contribution in [-0.2, 0) is 0 Å². The van der Waals surface area contributed by atoms with Gasteiger partial charge < -0.3 is 11.1 Å². The quantitative estimate of drug-likeness (QED) is 0.471. The van der Waals surface area contributed by atoms with E-state index in [0.717, 1.165) is 6.54 Å². The number of aliphatic imine (C=N–C) groups is 1. The maximum atomic E-state index is 5.85. The van der Waals surface area contributed by atoms with Crippen LogP contribution in [0.5, 0.6) is 0 Å². The minimum atomic E-state index is 0. The van der Waals surface area contributed by atoms with Crippen molar-refractivity contribution in [3.63, 3.8) is 0 Å². The van der Waals surface area contributed by atoms with Gasteiger partial charge in [0.25, 0.3) is 0 Å². The number of hydrogen-bond acceptors (Lipinski definition) is 1. The van der Waals surface area contributed by atoms with Gasteiger partial charge in [0.15, 0.2) is 5.96 Å². The first-order chi connectivity index (χ1) is 7.24. The van der Waals surface area contributed by atoms with Crippen LogP contribution in [0.15, 0.2) is 4.99 Å². The van der Waals surface area contributed by atoms with E-state index in [2.05, 4.69) is 17.2 Å². The summed E-state index contributed by atoms with van der Waals surface area (Å²) in [5, 5.41) is 3.25. The van der Waals surface area contributed by atoms with E-state index in [0.29, 0.717) is 17.4 Å². The van der Waals surface area contributed by atoms with Crippen LogP contribution in [0, 0.1) is 5.41 Å². The Balaban J connectivity index is 0.00000128. The van der Waals surface area contributed by atoms with Gasteiger partial charge in [0.2, 0.25) is 0 Å². The molecular weight excluding hydrogens is 313 g/mol. The lowest BCUT2D eigenvalue weighted by Gasteiger charge is -2.25. The van der Waals surface area contributed by atoms with Crippen LogP contribution in [0.4, 0.5) is 0 Å². The van der Waals surface area contributed by atoms with E-state index in [1.165, 1.54) is 44.9 Å². The van der Waals surface area contributed by atoms with Gasteiger partial charge >= 0.3 is 0 Å². The predicted octanol–water partition coefficient (Wildman–Crippen LogP) is 2.64. The van der Waals surface area contributed by atoms with Crippen molar-refractivity contribution in [3.05, 3.63) is 0 Å². The highest BCUT2D eigenvalue weighted by Gasteiger charge is 2.31. The molecule has 0 atom stereocenters. The van der Waals surface area contributed by atoms with Crippen LogP contribution in [-0.4, -0.2) is 18.5 Å². The molecule has 0 saturated heterocycles. The van der Waals surface area contributed by atoms with Crippen LogP contribution in [0.1, 0.15) is 51.9 Å². The Hall–Kier alpha value is 0. The zero-order valence-corrected chi connectivity index (χ0v) is 12.5. The maximum Gasteiger partial charge on any atom is 0.188 e. The first-order valence-corrected chi connectivity index (χ1v) is 6.31. The summed E-state index contributed by atoms with van der Waals surface area (Å²) < 4.78 is 0. The van der Waals surface area contributed by atoms with Gasteiger partial charge in [-0.2, -0.15) is 0 Å². The Morgan fingerprint density at radius 2 is 2.00 bits per heavy atom. The second-order valence-electron chi connectivity index (χ2n) is 5.18. The summed E-state index contributed by atoms with van der Waals surface area (Å²) in [7, 11) is 0. The monoisotopic (exact) mass is 337 g/mol. The van der Waals surface area contributed by atoms with Gasteiger partial charge in [-0.05, 0) is 37.5 Å². The van der Waals surface area contributed by atoms with Crippen LogP contribution >= 0.6 is 24.0 Å². The minimum absolute atomic E-state index is 0. The minimum Gasteiger partial charge on any atom is -0.370 e. The molecule has 0 bridgehead atoms. The molecule has 94 valence electrons. The summed E-state index contributed by atoms with van der Waals surface area (Å²) >= 11 is 0. The fourth-order valence-electron chi connectivity index (χ4n) is 2.48. The molecule has 4 heteroatoms. The number of halogens is 1. The average Bonchev–Trinajstić information content (AvgIpc) is 2.93. The highest BCUT2D eigenvalue weighted by Crippen LogP contribution is 2.41. The highest BCUT2D eigenvalue weighted by molar-refractivity contribution is 14.0. The molecule has 0 radical (unpaired) electrons. The molecule has 2 aliphatic carbocycles. The van der Waals surface area contributed by atoms with Crippen molar-refractivity contribution in [3.8, 4) is 0 Å². The van der Waals surface area contributed by atoms with Crippen molar-refractivity contribution < 1.29 is 0 Å². The van der Waals surface area contributed by atoms with Gasteiger partial charge in [-0.15, -0.1) is 24.0 Å². The molecule has 2 fully saturated rings. The second kappa shape index (κ2) is 6.07. The van der Waals surface area contributed by atoms with Gasteiger partial charge in [-0.25, -0.2) is 0 Å². The van der Waals surface area contributed by atoms with E-state index in [-0.39, 0.29) is 24.0 Å². The second-order valence-corrected chi connectivity index (χ2v) is 5.18. The molecule has 2 aliphatic rings. The van der Waals surface area contributed by atoms with Crippen LogP contribution in [0.25, 0.3) is 0 Å². The van der Waals surface area contributed by atoms with Crippen molar-refractivity contribution in [2.24, 2.45) is 16.1 Å². The van der Waals surface area contributed by atoms with Crippen molar-refractivity contribution in [1.29, 1.82) is 0 Å². The summed E-state index contributed by atoms with van der Waals surface area (Å²) in [4.78, 5) is 4.51. The molecule has 0 heterocycles. The van der Waals surface area contributed by atoms with Gasteiger partial charge in [0, 0.05) is 12.6 Å². The zero-order valence-electron chi connectivity index (χ0n) is 10.2. The lowest BCUT2D eigenvalue weighted by Crippen LogP contribution is -2.34. The lowest BCUT2D eigenvalue weighted by atomic mass is 9.84. The SMILES string of the molecule is CCC1(CN=C(N)NC2CC2)CCCC1.I. The molecule has 3 nitrogen and oxygen atoms in total. The summed E-state index contributed by atoms with van der Waals surface area (Å²) in [5.41, 5.74) is 6.31. The molecule has 0 aromatic carbocycles. The third-order valence-electron chi connectivity index (χ3n) is 3.93. The van der Waals surface area contributed by atoms with Crippen molar-refractivity contribution in [2.45, 2.75) is 57.9 Å². The first kappa shape index (κ1) is 14.1. The van der Waals surface area contributed by atoms with Gasteiger partial charge in [-0.3, -0.25) is 4.99 Å². The van der Waals surface area contributed by atoms with Crippen molar-refractivity contribution in [1.82, 2.24) is 5.32 Å². The Kier molecular flexibility index (Phi) is 5.34. The van der Waals surface area contributed by atoms with Gasteiger partial charge in [0.05, 0.1) is 0 Å². The Bertz CT molecular complexity index is 243. The molecular formula is C12H24IN3. The van der Waals surface area contributed by atoms with Crippen molar-refractivity contribution >= 4 is 29.9 Å². The highest BCUT2D eigenvalue weighted by atomic mass is 127. The number of hydrogen-bond donors (Lipinski definition) is 2. The number of guanidine groups is 1. The zero-order chi connectivity index (χ0) is 10.7. The molecule has 0 unspecified atom stereocenters. The Morgan fingerprint density at radius 3 is 2.50 bits per heavy atom. The number of nitrogens with zero attached hydrogens (tertiary/aromatic N) is 1. The fraction of sp³-hybridized carbons (Fsp3) is 0.917. The van der Waals surface area contributed by atoms with Gasteiger partial charge in [-0.1, -0.05) is 19.8 Å². The summed E-state index contributed by atoms with van der Waals surface area (Å²) in [6.45, 7) is 3.21. The van der Waals surface area contributed by atoms with E-state index in [4.69, 9.17) is 5.73 Å². The Labute approximate surface area is 116 Å². The van der Waals surface area contributed by atoms with E-state index in [1.54, 1.807) is 0 Å². The van der Waals surface area contributed by atoms with Crippen LogP contribution < -0.4 is 11.1 Å². The van der Waals surface area contributed by atoms with E-state index in [9.17, 15) is 0 Å². The van der Waals surface area contributed by atoms with E-state index < -0.39 is 0 Å². The molecule has 0 aromatic heterocycles. The van der Waals surface area contributed by atoms with E-state index in [1.807, 2.05) is 0 Å². The molecule has 2 saturated carbocycles. The smallest absolute Gasteiger partial charge is 0.188 e. The first-order valence-electron chi connectivity index (χ1n) is 6.31. The van der Waals surface area contributed by atoms with Crippen LogP contribution in [0.2, 0.25) is 0 Å². The molecule has 3 N–H and O–H groups in total. The largest absolute Gasteiger partial charge is 0.370 e. The number of nitrogens with two attached hydrogens (primary N) is 1. The summed E-state index contributed by atoms with van der Waals surface area (Å²) in [5.74, 6) is 0.664. The molecule has 0 aliphatic heterocycles. The summed E-state index contributed by atoms with van der Waals surface area (Å²) in [6, 6.07) is 0.620. The molecule has 0 spiro atoms. The third-order valence-corrected chi connectivity index (χ3v) is 3.93. The predicted molar refractivity (Wildman–Crippen MR) is 79.3 cm³/mol. The third kappa shape index (κ3) is 3.79. The topological polar surface area (TPSA) is 50.4 Å². The maximum absolute atomic E-state index is 5.85. The van der Waals surface area contributed by atoms with Crippen LogP contribution in [0.3, 0.4) is 0 Å². The fourth-order valence-corrected chi connectivity index (χ4v) is 2.48. The van der Waals surface area contributed by atoms with E-state index >= 15 is 0 Å². The summed E-state index contributed by atoms with van der Waals surface area (Å²) in [6.07, 6.45) is 9.18. The average molecular weight is 337 g/mol. The molecule has 0 aromatic rings. The lowest BCUT2D eigenvalue weighted by molar-refractivity contribution is 0.297. The standard InChI is InChI=1S/C12H23N3.HI/c1-2-12(7-3-4-8-12)9-14-11(13)15-10-5-6-10;/h10H,2-9H2,1H3,(H3,13,14,15);1H. The molecule has 16 heavy (non-hydrogen) atoms. The number of nitrogens with one attached hydrogen (secondary N) is 1. The normalized spacial score (nSPS) is 23.9. The van der Waals surface area contributed by atoms with Crippen molar-refractivity contribution in [2.75, 3.05) is 6.54 Å². The molecule has 0 amide bonds. The van der Waals surface area contributed by atoms with Gasteiger partial charge in [0.1, 0.15) is 0 Å².